The Balaban J connectivity index is 1.80. The standard InChI is InChI=1S/C15H18N2O2/c1-11(18)13-8-16-17(10-13)9-12-6-7-19-15-5-3-2-4-14(12)15/h2-5,8,10-12,18H,6-7,9H2,1H3. The van der Waals surface area contributed by atoms with Gasteiger partial charge in [0.1, 0.15) is 5.75 Å². The molecule has 1 aliphatic rings. The largest absolute Gasteiger partial charge is 0.493 e. The van der Waals surface area contributed by atoms with E-state index in [9.17, 15) is 5.11 Å². The molecule has 2 unspecified atom stereocenters. The third kappa shape index (κ3) is 2.49. The van der Waals surface area contributed by atoms with E-state index < -0.39 is 6.10 Å². The molecular formula is C15H18N2O2. The molecule has 100 valence electrons. The first-order valence-electron chi connectivity index (χ1n) is 6.66. The van der Waals surface area contributed by atoms with E-state index in [1.54, 1.807) is 13.1 Å². The summed E-state index contributed by atoms with van der Waals surface area (Å²) < 4.78 is 7.58. The number of rotatable bonds is 3. The van der Waals surface area contributed by atoms with Crippen LogP contribution in [0, 0.1) is 0 Å². The molecule has 2 atom stereocenters. The van der Waals surface area contributed by atoms with Gasteiger partial charge in [-0.2, -0.15) is 5.10 Å². The number of hydrogen-bond donors (Lipinski definition) is 1. The summed E-state index contributed by atoms with van der Waals surface area (Å²) in [4.78, 5) is 0. The quantitative estimate of drug-likeness (QED) is 0.920. The van der Waals surface area contributed by atoms with Gasteiger partial charge < -0.3 is 9.84 Å². The number of aliphatic hydroxyl groups is 1. The fourth-order valence-electron chi connectivity index (χ4n) is 2.53. The first-order valence-corrected chi connectivity index (χ1v) is 6.66. The lowest BCUT2D eigenvalue weighted by Gasteiger charge is -2.25. The van der Waals surface area contributed by atoms with E-state index in [4.69, 9.17) is 4.74 Å². The molecule has 0 saturated heterocycles. The molecule has 3 rings (SSSR count). The van der Waals surface area contributed by atoms with Crippen LogP contribution < -0.4 is 4.74 Å². The van der Waals surface area contributed by atoms with Gasteiger partial charge in [0.15, 0.2) is 0 Å². The van der Waals surface area contributed by atoms with E-state index in [0.717, 1.165) is 30.9 Å². The molecule has 0 fully saturated rings. The molecule has 1 aliphatic heterocycles. The molecule has 0 spiro atoms. The van der Waals surface area contributed by atoms with Gasteiger partial charge in [-0.1, -0.05) is 18.2 Å². The number of hydrogen-bond acceptors (Lipinski definition) is 3. The van der Waals surface area contributed by atoms with Crippen molar-refractivity contribution in [3.05, 3.63) is 47.8 Å². The highest BCUT2D eigenvalue weighted by atomic mass is 16.5. The zero-order chi connectivity index (χ0) is 13.2. The molecule has 1 N–H and O–H groups in total. The maximum atomic E-state index is 9.53. The van der Waals surface area contributed by atoms with Crippen LogP contribution in [0.1, 0.15) is 36.5 Å². The van der Waals surface area contributed by atoms with Crippen molar-refractivity contribution in [2.75, 3.05) is 6.61 Å². The van der Waals surface area contributed by atoms with Crippen LogP contribution in [0.4, 0.5) is 0 Å². The number of para-hydroxylation sites is 1. The third-order valence-corrected chi connectivity index (χ3v) is 3.63. The van der Waals surface area contributed by atoms with Crippen molar-refractivity contribution >= 4 is 0 Å². The van der Waals surface area contributed by atoms with Crippen LogP contribution in [-0.2, 0) is 6.54 Å². The molecule has 1 aromatic carbocycles. The van der Waals surface area contributed by atoms with E-state index in [0.29, 0.717) is 5.92 Å². The number of fused-ring (bicyclic) bond motifs is 1. The van der Waals surface area contributed by atoms with Crippen molar-refractivity contribution in [3.63, 3.8) is 0 Å². The molecular weight excluding hydrogens is 240 g/mol. The molecule has 0 radical (unpaired) electrons. The van der Waals surface area contributed by atoms with E-state index in [2.05, 4.69) is 11.2 Å². The van der Waals surface area contributed by atoms with Gasteiger partial charge in [0.25, 0.3) is 0 Å². The van der Waals surface area contributed by atoms with E-state index >= 15 is 0 Å². The average molecular weight is 258 g/mol. The number of aliphatic hydroxyl groups excluding tert-OH is 1. The van der Waals surface area contributed by atoms with Crippen LogP contribution in [0.25, 0.3) is 0 Å². The first kappa shape index (κ1) is 12.2. The van der Waals surface area contributed by atoms with Crippen molar-refractivity contribution < 1.29 is 9.84 Å². The minimum atomic E-state index is -0.462. The second-order valence-corrected chi connectivity index (χ2v) is 5.04. The lowest BCUT2D eigenvalue weighted by molar-refractivity contribution is 0.199. The molecule has 1 aromatic heterocycles. The van der Waals surface area contributed by atoms with Gasteiger partial charge in [-0.3, -0.25) is 4.68 Å². The average Bonchev–Trinajstić information content (AvgIpc) is 2.88. The Morgan fingerprint density at radius 2 is 2.32 bits per heavy atom. The Hall–Kier alpha value is -1.81. The summed E-state index contributed by atoms with van der Waals surface area (Å²) >= 11 is 0. The summed E-state index contributed by atoms with van der Waals surface area (Å²) in [5.41, 5.74) is 2.11. The highest BCUT2D eigenvalue weighted by molar-refractivity contribution is 5.37. The molecule has 4 heteroatoms. The van der Waals surface area contributed by atoms with Crippen molar-refractivity contribution in [2.24, 2.45) is 0 Å². The fraction of sp³-hybridized carbons (Fsp3) is 0.400. The lowest BCUT2D eigenvalue weighted by Crippen LogP contribution is -2.18. The normalized spacial score (nSPS) is 19.6. The second kappa shape index (κ2) is 5.05. The monoisotopic (exact) mass is 258 g/mol. The van der Waals surface area contributed by atoms with Gasteiger partial charge in [-0.25, -0.2) is 0 Å². The summed E-state index contributed by atoms with van der Waals surface area (Å²) in [6, 6.07) is 8.19. The smallest absolute Gasteiger partial charge is 0.122 e. The van der Waals surface area contributed by atoms with Crippen LogP contribution in [0.3, 0.4) is 0 Å². The third-order valence-electron chi connectivity index (χ3n) is 3.63. The minimum Gasteiger partial charge on any atom is -0.493 e. The topological polar surface area (TPSA) is 47.3 Å². The zero-order valence-electron chi connectivity index (χ0n) is 11.0. The molecule has 0 amide bonds. The molecule has 2 heterocycles. The van der Waals surface area contributed by atoms with Gasteiger partial charge in [-0.15, -0.1) is 0 Å². The predicted molar refractivity (Wildman–Crippen MR) is 72.2 cm³/mol. The van der Waals surface area contributed by atoms with Gasteiger partial charge in [0, 0.05) is 24.2 Å². The summed E-state index contributed by atoms with van der Waals surface area (Å²) in [5.74, 6) is 1.41. The molecule has 19 heavy (non-hydrogen) atoms. The molecule has 4 nitrogen and oxygen atoms in total. The first-order chi connectivity index (χ1) is 9.24. The highest BCUT2D eigenvalue weighted by Gasteiger charge is 2.21. The Bertz CT molecular complexity index is 563. The Kier molecular flexibility index (Phi) is 3.25. The summed E-state index contributed by atoms with van der Waals surface area (Å²) in [5, 5.41) is 13.8. The minimum absolute atomic E-state index is 0.423. The van der Waals surface area contributed by atoms with Gasteiger partial charge in [0.2, 0.25) is 0 Å². The van der Waals surface area contributed by atoms with Crippen LogP contribution in [0.15, 0.2) is 36.7 Å². The molecule has 0 saturated carbocycles. The summed E-state index contributed by atoms with van der Waals surface area (Å²) in [6.45, 7) is 3.34. The zero-order valence-corrected chi connectivity index (χ0v) is 11.0. The summed E-state index contributed by atoms with van der Waals surface area (Å²) in [6.07, 6.45) is 4.19. The van der Waals surface area contributed by atoms with Crippen LogP contribution >= 0.6 is 0 Å². The van der Waals surface area contributed by atoms with Crippen molar-refractivity contribution in [3.8, 4) is 5.75 Å². The highest BCUT2D eigenvalue weighted by Crippen LogP contribution is 2.34. The second-order valence-electron chi connectivity index (χ2n) is 5.04. The molecule has 0 bridgehead atoms. The maximum absolute atomic E-state index is 9.53. The lowest BCUT2D eigenvalue weighted by atomic mass is 9.93. The van der Waals surface area contributed by atoms with E-state index in [1.807, 2.05) is 29.1 Å². The SMILES string of the molecule is CC(O)c1cnn(CC2CCOc3ccccc32)c1. The van der Waals surface area contributed by atoms with Gasteiger partial charge >= 0.3 is 0 Å². The van der Waals surface area contributed by atoms with Crippen LogP contribution in [0.2, 0.25) is 0 Å². The maximum Gasteiger partial charge on any atom is 0.122 e. The predicted octanol–water partition coefficient (Wildman–Crippen LogP) is 2.50. The Morgan fingerprint density at radius 3 is 3.11 bits per heavy atom. The van der Waals surface area contributed by atoms with Crippen molar-refractivity contribution in [1.82, 2.24) is 9.78 Å². The van der Waals surface area contributed by atoms with E-state index in [1.165, 1.54) is 5.56 Å². The fourth-order valence-corrected chi connectivity index (χ4v) is 2.53. The van der Waals surface area contributed by atoms with Gasteiger partial charge in [0.05, 0.1) is 18.9 Å². The Labute approximate surface area is 112 Å². The molecule has 0 aliphatic carbocycles. The van der Waals surface area contributed by atoms with E-state index in [-0.39, 0.29) is 0 Å². The van der Waals surface area contributed by atoms with Crippen molar-refractivity contribution in [2.45, 2.75) is 31.9 Å². The number of ether oxygens (including phenoxy) is 1. The number of nitrogens with zero attached hydrogens (tertiary/aromatic N) is 2. The number of aromatic nitrogens is 2. The van der Waals surface area contributed by atoms with Crippen LogP contribution in [0.5, 0.6) is 5.75 Å². The number of benzene rings is 1. The molecule has 2 aromatic rings. The Morgan fingerprint density at radius 1 is 1.47 bits per heavy atom. The van der Waals surface area contributed by atoms with Gasteiger partial charge in [-0.05, 0) is 25.0 Å². The summed E-state index contributed by atoms with van der Waals surface area (Å²) in [7, 11) is 0. The van der Waals surface area contributed by atoms with Crippen LogP contribution in [-0.4, -0.2) is 21.5 Å². The van der Waals surface area contributed by atoms with Crippen molar-refractivity contribution in [1.29, 1.82) is 0 Å².